The van der Waals surface area contributed by atoms with Crippen LogP contribution in [0.5, 0.6) is 0 Å². The van der Waals surface area contributed by atoms with Crippen LogP contribution in [-0.4, -0.2) is 193 Å². The van der Waals surface area contributed by atoms with Gasteiger partial charge in [0, 0.05) is 6.42 Å². The number of nitrogens with one attached hydrogen (secondary N) is 1. The molecule has 3 fully saturated rings. The number of rotatable bonds is 58. The predicted molar refractivity (Wildman–Crippen MR) is 356 cm³/mol. The molecule has 17 atom stereocenters. The molecule has 0 saturated carbocycles. The molecule has 536 valence electrons. The molecule has 3 aliphatic rings. The van der Waals surface area contributed by atoms with Crippen molar-refractivity contribution in [1.82, 2.24) is 5.32 Å². The number of unbranched alkanes of at least 4 members (excludes halogenated alkanes) is 40. The summed E-state index contributed by atoms with van der Waals surface area (Å²) in [7, 11) is 0. The first kappa shape index (κ1) is 83.5. The van der Waals surface area contributed by atoms with E-state index in [9.17, 15) is 61.0 Å². The second-order valence-corrected chi connectivity index (χ2v) is 26.8. The molecule has 3 heterocycles. The van der Waals surface area contributed by atoms with Crippen LogP contribution < -0.4 is 5.32 Å². The first-order chi connectivity index (χ1) is 44.3. The Labute approximate surface area is 549 Å². The Kier molecular flexibility index (Phi) is 49.8. The third-order valence-electron chi connectivity index (χ3n) is 18.8. The summed E-state index contributed by atoms with van der Waals surface area (Å²) in [5, 5.41) is 121. The van der Waals surface area contributed by atoms with Gasteiger partial charge >= 0.3 is 0 Å². The van der Waals surface area contributed by atoms with Crippen LogP contribution in [0.1, 0.15) is 296 Å². The number of carbonyl (C=O) groups is 1. The van der Waals surface area contributed by atoms with E-state index in [0.29, 0.717) is 12.8 Å². The third-order valence-corrected chi connectivity index (χ3v) is 18.8. The fourth-order valence-electron chi connectivity index (χ4n) is 12.7. The van der Waals surface area contributed by atoms with Crippen molar-refractivity contribution >= 4 is 5.91 Å². The monoisotopic (exact) mass is 1300 g/mol. The van der Waals surface area contributed by atoms with Crippen molar-refractivity contribution in [2.24, 2.45) is 0 Å². The highest BCUT2D eigenvalue weighted by atomic mass is 16.8. The summed E-state index contributed by atoms with van der Waals surface area (Å²) in [6.45, 7) is 1.76. The first-order valence-corrected chi connectivity index (χ1v) is 37.1. The Morgan fingerprint density at radius 1 is 0.385 bits per heavy atom. The van der Waals surface area contributed by atoms with E-state index in [-0.39, 0.29) is 18.9 Å². The zero-order valence-electron chi connectivity index (χ0n) is 56.8. The Bertz CT molecular complexity index is 1750. The molecule has 0 radical (unpaired) electrons. The molecule has 12 N–H and O–H groups in total. The second kappa shape index (κ2) is 54.3. The highest BCUT2D eigenvalue weighted by molar-refractivity contribution is 5.76. The van der Waals surface area contributed by atoms with Gasteiger partial charge in [-0.05, 0) is 32.1 Å². The molecule has 1 amide bonds. The molecule has 0 aromatic rings. The van der Waals surface area contributed by atoms with Gasteiger partial charge in [0.15, 0.2) is 18.9 Å². The van der Waals surface area contributed by atoms with E-state index in [0.717, 1.165) is 38.5 Å². The van der Waals surface area contributed by atoms with Crippen molar-refractivity contribution in [3.05, 3.63) is 24.3 Å². The maximum absolute atomic E-state index is 13.4. The number of carbonyl (C=O) groups excluding carboxylic acids is 1. The maximum atomic E-state index is 13.4. The van der Waals surface area contributed by atoms with Crippen molar-refractivity contribution in [2.45, 2.75) is 401 Å². The number of allylic oxidation sites excluding steroid dienone is 3. The fourth-order valence-corrected chi connectivity index (χ4v) is 12.7. The lowest BCUT2D eigenvalue weighted by atomic mass is 9.96. The van der Waals surface area contributed by atoms with Gasteiger partial charge in [-0.2, -0.15) is 0 Å². The normalized spacial score (nSPS) is 27.9. The van der Waals surface area contributed by atoms with E-state index >= 15 is 0 Å². The molecule has 19 nitrogen and oxygen atoms in total. The van der Waals surface area contributed by atoms with Crippen LogP contribution in [0.15, 0.2) is 24.3 Å². The van der Waals surface area contributed by atoms with Gasteiger partial charge in [-0.25, -0.2) is 0 Å². The summed E-state index contributed by atoms with van der Waals surface area (Å²) in [6, 6.07) is -0.987. The molecule has 0 aromatic carbocycles. The van der Waals surface area contributed by atoms with E-state index in [1.54, 1.807) is 6.08 Å². The largest absolute Gasteiger partial charge is 0.394 e. The first-order valence-electron chi connectivity index (χ1n) is 37.1. The van der Waals surface area contributed by atoms with Crippen LogP contribution in [0.25, 0.3) is 0 Å². The zero-order chi connectivity index (χ0) is 66.1. The van der Waals surface area contributed by atoms with Crippen LogP contribution in [0.3, 0.4) is 0 Å². The Hall–Kier alpha value is -1.73. The molecule has 3 aliphatic heterocycles. The Morgan fingerprint density at radius 3 is 1.10 bits per heavy atom. The number of aliphatic hydroxyl groups is 11. The minimum absolute atomic E-state index is 0.241. The highest BCUT2D eigenvalue weighted by Crippen LogP contribution is 2.33. The minimum Gasteiger partial charge on any atom is -0.394 e. The average molecular weight is 1300 g/mol. The minimum atomic E-state index is -1.98. The molecular weight excluding hydrogens is 1170 g/mol. The van der Waals surface area contributed by atoms with Gasteiger partial charge in [-0.3, -0.25) is 4.79 Å². The number of hydrogen-bond acceptors (Lipinski definition) is 18. The molecule has 17 unspecified atom stereocenters. The maximum Gasteiger partial charge on any atom is 0.220 e. The summed E-state index contributed by atoms with van der Waals surface area (Å²) in [4.78, 5) is 13.4. The predicted octanol–water partition coefficient (Wildman–Crippen LogP) is 10.6. The molecule has 0 aromatic heterocycles. The molecule has 91 heavy (non-hydrogen) atoms. The van der Waals surface area contributed by atoms with Crippen molar-refractivity contribution in [1.29, 1.82) is 0 Å². The molecule has 19 heteroatoms. The van der Waals surface area contributed by atoms with Gasteiger partial charge in [0.2, 0.25) is 5.91 Å². The van der Waals surface area contributed by atoms with E-state index in [1.807, 2.05) is 6.08 Å². The number of ether oxygens (including phenoxy) is 6. The lowest BCUT2D eigenvalue weighted by molar-refractivity contribution is -0.379. The van der Waals surface area contributed by atoms with Gasteiger partial charge in [0.25, 0.3) is 0 Å². The summed E-state index contributed by atoms with van der Waals surface area (Å²) in [5.74, 6) is -0.279. The van der Waals surface area contributed by atoms with Crippen LogP contribution in [0, 0.1) is 0 Å². The number of hydrogen-bond donors (Lipinski definition) is 12. The van der Waals surface area contributed by atoms with Gasteiger partial charge in [-0.1, -0.05) is 282 Å². The van der Waals surface area contributed by atoms with Crippen molar-refractivity contribution in [3.63, 3.8) is 0 Å². The molecule has 0 bridgehead atoms. The van der Waals surface area contributed by atoms with Crippen LogP contribution in [0.2, 0.25) is 0 Å². The Morgan fingerprint density at radius 2 is 0.703 bits per heavy atom. The van der Waals surface area contributed by atoms with Crippen molar-refractivity contribution < 1.29 is 89.4 Å². The van der Waals surface area contributed by atoms with E-state index in [4.69, 9.17) is 28.4 Å². The smallest absolute Gasteiger partial charge is 0.220 e. The Balaban J connectivity index is 1.40. The van der Waals surface area contributed by atoms with Crippen LogP contribution in [-0.2, 0) is 33.2 Å². The average Bonchev–Trinajstić information content (AvgIpc) is 0.887. The molecule has 0 spiro atoms. The molecule has 3 rings (SSSR count). The lowest BCUT2D eigenvalue weighted by Crippen LogP contribution is -2.66. The van der Waals surface area contributed by atoms with E-state index < -0.39 is 124 Å². The van der Waals surface area contributed by atoms with Crippen molar-refractivity contribution in [3.8, 4) is 0 Å². The zero-order valence-corrected chi connectivity index (χ0v) is 56.8. The number of amides is 1. The summed E-state index contributed by atoms with van der Waals surface area (Å²) in [5.41, 5.74) is 0. The lowest BCUT2D eigenvalue weighted by Gasteiger charge is -2.48. The molecule has 3 saturated heterocycles. The summed E-state index contributed by atoms with van der Waals surface area (Å²) in [6.07, 6.45) is 36.0. The topological polar surface area (TPSA) is 307 Å². The van der Waals surface area contributed by atoms with Gasteiger partial charge in [0.05, 0.1) is 38.6 Å². The van der Waals surface area contributed by atoms with Crippen LogP contribution >= 0.6 is 0 Å². The van der Waals surface area contributed by atoms with E-state index in [2.05, 4.69) is 31.3 Å². The van der Waals surface area contributed by atoms with Crippen LogP contribution in [0.4, 0.5) is 0 Å². The quantitative estimate of drug-likeness (QED) is 0.0199. The summed E-state index contributed by atoms with van der Waals surface area (Å²) >= 11 is 0. The summed E-state index contributed by atoms with van der Waals surface area (Å²) < 4.78 is 34.4. The third kappa shape index (κ3) is 35.9. The van der Waals surface area contributed by atoms with Gasteiger partial charge in [0.1, 0.15) is 73.2 Å². The van der Waals surface area contributed by atoms with Crippen molar-refractivity contribution in [2.75, 3.05) is 26.4 Å². The SMILES string of the molecule is CCCCCCCCCCCCCC/C=C/CC/C=C/C(O)C(COC1OC(CO)C(OC2OC(CO)C(OC3OC(CO)C(O)C(O)C3O)C(O)C2O)C(O)C1O)NC(=O)CCCCCCCCCCCCCCCCCCCCCCCCCCCCCC. The van der Waals surface area contributed by atoms with Gasteiger partial charge in [-0.15, -0.1) is 0 Å². The number of aliphatic hydroxyl groups excluding tert-OH is 11. The van der Waals surface area contributed by atoms with E-state index in [1.165, 1.54) is 225 Å². The molecular formula is C72H135NO18. The second-order valence-electron chi connectivity index (χ2n) is 26.8. The van der Waals surface area contributed by atoms with Gasteiger partial charge < -0.3 is 89.9 Å². The standard InChI is InChI=1S/C72H135NO18/c1-3-5-7-9-11-13-15-17-19-21-23-24-25-26-27-28-29-30-31-32-34-36-38-40-42-44-46-48-50-60(78)73-55(56(77)49-47-45-43-41-39-37-35-33-22-20-18-16-14-12-10-8-6-4-2)54-86-70-66(84)63(81)68(58(52-75)88-70)91-72-67(85)64(82)69(59(53-76)89-72)90-71-65(83)62(80)61(79)57(51-74)87-71/h39,41,47,49,55-59,61-72,74-77,79-85H,3-38,40,42-46,48,50-54H2,1-2H3,(H,73,78)/b41-39+,49-47+. The fraction of sp³-hybridized carbons (Fsp3) is 0.931. The molecule has 0 aliphatic carbocycles. The highest BCUT2D eigenvalue weighted by Gasteiger charge is 2.53.